The van der Waals surface area contributed by atoms with Crippen molar-refractivity contribution >= 4 is 17.3 Å². The molecule has 0 saturated carbocycles. The molecule has 0 spiro atoms. The van der Waals surface area contributed by atoms with Gasteiger partial charge >= 0.3 is 0 Å². The zero-order valence-electron chi connectivity index (χ0n) is 17.2. The van der Waals surface area contributed by atoms with E-state index in [0.29, 0.717) is 36.2 Å². The first-order valence-electron chi connectivity index (χ1n) is 9.50. The summed E-state index contributed by atoms with van der Waals surface area (Å²) in [6.07, 6.45) is 2.89. The molecule has 0 aromatic carbocycles. The van der Waals surface area contributed by atoms with Gasteiger partial charge in [0.25, 0.3) is 0 Å². The average molecular weight is 408 g/mol. The molecular formula is C20H24N8O2. The summed E-state index contributed by atoms with van der Waals surface area (Å²) < 4.78 is 11.1. The van der Waals surface area contributed by atoms with Crippen LogP contribution in [-0.4, -0.2) is 65.2 Å². The second-order valence-corrected chi connectivity index (χ2v) is 7.06. The summed E-state index contributed by atoms with van der Waals surface area (Å²) in [4.78, 5) is 8.13. The molecule has 2 aromatic rings. The molecule has 1 aliphatic rings. The molecule has 3 rings (SSSR count). The van der Waals surface area contributed by atoms with E-state index in [4.69, 9.17) is 14.7 Å². The van der Waals surface area contributed by atoms with E-state index in [1.807, 2.05) is 19.9 Å². The van der Waals surface area contributed by atoms with E-state index in [1.54, 1.807) is 13.2 Å². The van der Waals surface area contributed by atoms with Crippen LogP contribution in [0.4, 0.5) is 17.3 Å². The normalized spacial score (nSPS) is 16.1. The van der Waals surface area contributed by atoms with Crippen LogP contribution < -0.4 is 16.0 Å². The number of hydrogen-bond donors (Lipinski definition) is 3. The highest BCUT2D eigenvalue weighted by atomic mass is 16.5. The predicted octanol–water partition coefficient (Wildman–Crippen LogP) is 1.06. The molecule has 1 saturated heterocycles. The van der Waals surface area contributed by atoms with Crippen LogP contribution in [0.25, 0.3) is 0 Å². The van der Waals surface area contributed by atoms with E-state index in [9.17, 15) is 0 Å². The van der Waals surface area contributed by atoms with Crippen molar-refractivity contribution in [3.63, 3.8) is 0 Å². The molecule has 10 heteroatoms. The van der Waals surface area contributed by atoms with Crippen LogP contribution in [0.1, 0.15) is 25.2 Å². The minimum absolute atomic E-state index is 0.0453. The van der Waals surface area contributed by atoms with Gasteiger partial charge in [0.2, 0.25) is 0 Å². The second kappa shape index (κ2) is 9.94. The quantitative estimate of drug-likeness (QED) is 0.596. The van der Waals surface area contributed by atoms with Gasteiger partial charge in [0, 0.05) is 32.8 Å². The number of nitriles is 1. The lowest BCUT2D eigenvalue weighted by atomic mass is 10.1. The molecule has 10 nitrogen and oxygen atoms in total. The summed E-state index contributed by atoms with van der Waals surface area (Å²) in [5, 5.41) is 27.0. The van der Waals surface area contributed by atoms with Crippen molar-refractivity contribution in [2.75, 3.05) is 44.0 Å². The second-order valence-electron chi connectivity index (χ2n) is 7.06. The number of rotatable bonds is 6. The SMILES string of the molecule is COC(C)(C)C#Cc1nnc(Nc2cnc(C#N)cn2)cc1NCC1CNCCO1. The van der Waals surface area contributed by atoms with Crippen molar-refractivity contribution in [2.24, 2.45) is 0 Å². The Morgan fingerprint density at radius 2 is 2.17 bits per heavy atom. The maximum absolute atomic E-state index is 8.84. The minimum Gasteiger partial charge on any atom is -0.380 e. The Hall–Kier alpha value is -3.31. The monoisotopic (exact) mass is 408 g/mol. The third-order valence-electron chi connectivity index (χ3n) is 4.33. The number of hydrogen-bond acceptors (Lipinski definition) is 10. The molecule has 1 atom stereocenters. The molecule has 0 aliphatic carbocycles. The number of nitrogens with one attached hydrogen (secondary N) is 3. The lowest BCUT2D eigenvalue weighted by molar-refractivity contribution is 0.0372. The Balaban J connectivity index is 1.81. The zero-order chi connectivity index (χ0) is 21.4. The molecule has 30 heavy (non-hydrogen) atoms. The summed E-state index contributed by atoms with van der Waals surface area (Å²) >= 11 is 0. The lowest BCUT2D eigenvalue weighted by Crippen LogP contribution is -2.42. The summed E-state index contributed by atoms with van der Waals surface area (Å²) in [6.45, 7) is 6.66. The van der Waals surface area contributed by atoms with Crippen LogP contribution >= 0.6 is 0 Å². The van der Waals surface area contributed by atoms with Gasteiger partial charge < -0.3 is 25.4 Å². The van der Waals surface area contributed by atoms with E-state index in [2.05, 4.69) is 48.0 Å². The van der Waals surface area contributed by atoms with E-state index in [-0.39, 0.29) is 11.8 Å². The molecule has 0 bridgehead atoms. The average Bonchev–Trinajstić information content (AvgIpc) is 2.78. The molecule has 156 valence electrons. The first-order valence-corrected chi connectivity index (χ1v) is 9.50. The third-order valence-corrected chi connectivity index (χ3v) is 4.33. The van der Waals surface area contributed by atoms with Crippen LogP contribution in [-0.2, 0) is 9.47 Å². The maximum Gasteiger partial charge on any atom is 0.159 e. The van der Waals surface area contributed by atoms with Crippen molar-refractivity contribution in [1.29, 1.82) is 5.26 Å². The van der Waals surface area contributed by atoms with Crippen LogP contribution in [0.2, 0.25) is 0 Å². The Bertz CT molecular complexity index is 953. The van der Waals surface area contributed by atoms with Gasteiger partial charge in [-0.05, 0) is 19.8 Å². The van der Waals surface area contributed by atoms with Gasteiger partial charge in [-0.2, -0.15) is 5.26 Å². The highest BCUT2D eigenvalue weighted by molar-refractivity contribution is 5.63. The Kier molecular flexibility index (Phi) is 7.09. The maximum atomic E-state index is 8.84. The molecule has 2 aromatic heterocycles. The summed E-state index contributed by atoms with van der Waals surface area (Å²) in [5.74, 6) is 7.01. The van der Waals surface area contributed by atoms with Crippen molar-refractivity contribution < 1.29 is 9.47 Å². The first-order chi connectivity index (χ1) is 14.5. The Morgan fingerprint density at radius 3 is 2.83 bits per heavy atom. The van der Waals surface area contributed by atoms with Gasteiger partial charge in [-0.25, -0.2) is 9.97 Å². The number of ether oxygens (including phenoxy) is 2. The van der Waals surface area contributed by atoms with Crippen molar-refractivity contribution in [3.05, 3.63) is 29.8 Å². The fourth-order valence-corrected chi connectivity index (χ4v) is 2.50. The fraction of sp³-hybridized carbons (Fsp3) is 0.450. The Morgan fingerprint density at radius 1 is 1.30 bits per heavy atom. The molecule has 0 radical (unpaired) electrons. The smallest absolute Gasteiger partial charge is 0.159 e. The molecule has 1 fully saturated rings. The van der Waals surface area contributed by atoms with Crippen LogP contribution in [0, 0.1) is 23.2 Å². The fourth-order valence-electron chi connectivity index (χ4n) is 2.50. The van der Waals surface area contributed by atoms with Gasteiger partial charge in [0.15, 0.2) is 17.2 Å². The molecule has 3 heterocycles. The van der Waals surface area contributed by atoms with Crippen LogP contribution in [0.5, 0.6) is 0 Å². The predicted molar refractivity (Wildman–Crippen MR) is 111 cm³/mol. The van der Waals surface area contributed by atoms with E-state index in [0.717, 1.165) is 13.1 Å². The molecule has 3 N–H and O–H groups in total. The number of nitrogens with zero attached hydrogens (tertiary/aromatic N) is 5. The van der Waals surface area contributed by atoms with Crippen molar-refractivity contribution in [1.82, 2.24) is 25.5 Å². The van der Waals surface area contributed by atoms with Crippen LogP contribution in [0.15, 0.2) is 18.5 Å². The Labute approximate surface area is 175 Å². The van der Waals surface area contributed by atoms with Gasteiger partial charge in [0.1, 0.15) is 17.5 Å². The largest absolute Gasteiger partial charge is 0.380 e. The summed E-state index contributed by atoms with van der Waals surface area (Å²) in [5.41, 5.74) is 0.842. The topological polar surface area (TPSA) is 130 Å². The number of methoxy groups -OCH3 is 1. The highest BCUT2D eigenvalue weighted by Crippen LogP contribution is 2.19. The van der Waals surface area contributed by atoms with Gasteiger partial charge in [-0.3, -0.25) is 0 Å². The van der Waals surface area contributed by atoms with E-state index >= 15 is 0 Å². The van der Waals surface area contributed by atoms with Gasteiger partial charge in [-0.1, -0.05) is 5.92 Å². The van der Waals surface area contributed by atoms with E-state index in [1.165, 1.54) is 12.4 Å². The summed E-state index contributed by atoms with van der Waals surface area (Å²) in [7, 11) is 1.61. The molecule has 0 amide bonds. The number of aromatic nitrogens is 4. The molecule has 1 unspecified atom stereocenters. The number of morpholine rings is 1. The minimum atomic E-state index is -0.607. The van der Waals surface area contributed by atoms with Crippen molar-refractivity contribution in [2.45, 2.75) is 25.6 Å². The van der Waals surface area contributed by atoms with Crippen LogP contribution in [0.3, 0.4) is 0 Å². The number of anilines is 3. The molecular weight excluding hydrogens is 384 g/mol. The highest BCUT2D eigenvalue weighted by Gasteiger charge is 2.16. The standard InChI is InChI=1S/C20H24N8O2/c1-20(2,29-3)5-4-16-17(24-12-15-11-22-6-7-30-15)8-18(28-27-16)26-19-13-23-14(9-21)10-25-19/h8,10,13,15,22H,6-7,11-12H2,1-3H3,(H2,24,25,26,28). The summed E-state index contributed by atoms with van der Waals surface area (Å²) in [6, 6.07) is 3.73. The molecule has 1 aliphatic heterocycles. The van der Waals surface area contributed by atoms with Gasteiger partial charge in [-0.15, -0.1) is 10.2 Å². The first kappa shape index (κ1) is 21.4. The van der Waals surface area contributed by atoms with Gasteiger partial charge in [0.05, 0.1) is 30.8 Å². The van der Waals surface area contributed by atoms with E-state index < -0.39 is 5.60 Å². The lowest BCUT2D eigenvalue weighted by Gasteiger charge is -2.24. The third kappa shape index (κ3) is 6.09. The van der Waals surface area contributed by atoms with Crippen molar-refractivity contribution in [3.8, 4) is 17.9 Å². The zero-order valence-corrected chi connectivity index (χ0v) is 17.2.